The van der Waals surface area contributed by atoms with Gasteiger partial charge in [0.05, 0.1) is 12.0 Å². The fourth-order valence-electron chi connectivity index (χ4n) is 2.31. The van der Waals surface area contributed by atoms with Crippen molar-refractivity contribution in [1.29, 1.82) is 0 Å². The van der Waals surface area contributed by atoms with E-state index < -0.39 is 29.6 Å². The predicted octanol–water partition coefficient (Wildman–Crippen LogP) is 2.46. The van der Waals surface area contributed by atoms with Gasteiger partial charge >= 0.3 is 6.18 Å². The van der Waals surface area contributed by atoms with Crippen LogP contribution in [0.2, 0.25) is 0 Å². The summed E-state index contributed by atoms with van der Waals surface area (Å²) < 4.78 is 37.6. The number of amides is 2. The van der Waals surface area contributed by atoms with Crippen LogP contribution in [-0.4, -0.2) is 17.9 Å². The number of halogens is 3. The van der Waals surface area contributed by atoms with Gasteiger partial charge in [0.2, 0.25) is 11.8 Å². The number of carbonyl (C=O) groups excluding carboxylic acids is 2. The van der Waals surface area contributed by atoms with E-state index in [1.165, 1.54) is 12.1 Å². The maximum absolute atomic E-state index is 12.5. The molecule has 0 radical (unpaired) electrons. The maximum atomic E-state index is 12.5. The molecular formula is C18H17F3N2O2. The Morgan fingerprint density at radius 3 is 2.08 bits per heavy atom. The van der Waals surface area contributed by atoms with E-state index in [-0.39, 0.29) is 12.8 Å². The summed E-state index contributed by atoms with van der Waals surface area (Å²) in [6, 6.07) is 12.5. The maximum Gasteiger partial charge on any atom is 0.416 e. The monoisotopic (exact) mass is 350 g/mol. The topological polar surface area (TPSA) is 72.2 Å². The Balaban J connectivity index is 1.98. The SMILES string of the molecule is NC(=O)[C@@H](Cc1ccccc1)NC(=O)Cc1ccc(C(F)(F)F)cc1. The Morgan fingerprint density at radius 2 is 1.56 bits per heavy atom. The van der Waals surface area contributed by atoms with E-state index in [1.807, 2.05) is 6.07 Å². The molecule has 0 bridgehead atoms. The number of primary amides is 1. The van der Waals surface area contributed by atoms with Gasteiger partial charge in [0.15, 0.2) is 0 Å². The largest absolute Gasteiger partial charge is 0.416 e. The number of hydrogen-bond donors (Lipinski definition) is 2. The number of carbonyl (C=O) groups is 2. The van der Waals surface area contributed by atoms with Crippen LogP contribution in [0.3, 0.4) is 0 Å². The molecule has 0 heterocycles. The molecule has 7 heteroatoms. The highest BCUT2D eigenvalue weighted by atomic mass is 19.4. The van der Waals surface area contributed by atoms with Crippen molar-refractivity contribution in [2.75, 3.05) is 0 Å². The van der Waals surface area contributed by atoms with E-state index in [1.54, 1.807) is 24.3 Å². The fourth-order valence-corrected chi connectivity index (χ4v) is 2.31. The van der Waals surface area contributed by atoms with Crippen LogP contribution in [0.25, 0.3) is 0 Å². The van der Waals surface area contributed by atoms with Crippen molar-refractivity contribution < 1.29 is 22.8 Å². The summed E-state index contributed by atoms with van der Waals surface area (Å²) in [7, 11) is 0. The van der Waals surface area contributed by atoms with E-state index in [0.29, 0.717) is 5.56 Å². The first-order valence-electron chi connectivity index (χ1n) is 7.54. The lowest BCUT2D eigenvalue weighted by Crippen LogP contribution is -2.46. The molecular weight excluding hydrogens is 333 g/mol. The first kappa shape index (κ1) is 18.5. The third-order valence-electron chi connectivity index (χ3n) is 3.61. The third kappa shape index (κ3) is 5.63. The highest BCUT2D eigenvalue weighted by molar-refractivity contribution is 5.87. The highest BCUT2D eigenvalue weighted by Crippen LogP contribution is 2.29. The molecule has 132 valence electrons. The smallest absolute Gasteiger partial charge is 0.368 e. The quantitative estimate of drug-likeness (QED) is 0.840. The van der Waals surface area contributed by atoms with Crippen molar-refractivity contribution in [3.05, 3.63) is 71.3 Å². The number of nitrogens with two attached hydrogens (primary N) is 1. The molecule has 2 rings (SSSR count). The second kappa shape index (κ2) is 7.83. The van der Waals surface area contributed by atoms with Crippen LogP contribution in [0.5, 0.6) is 0 Å². The molecule has 0 aliphatic heterocycles. The zero-order chi connectivity index (χ0) is 18.4. The van der Waals surface area contributed by atoms with Crippen LogP contribution in [0.4, 0.5) is 13.2 Å². The second-order valence-corrected chi connectivity index (χ2v) is 5.58. The number of rotatable bonds is 6. The minimum Gasteiger partial charge on any atom is -0.368 e. The molecule has 2 amide bonds. The van der Waals surface area contributed by atoms with Gasteiger partial charge < -0.3 is 11.1 Å². The van der Waals surface area contributed by atoms with Crippen molar-refractivity contribution >= 4 is 11.8 Å². The van der Waals surface area contributed by atoms with Gasteiger partial charge in [-0.05, 0) is 23.3 Å². The van der Waals surface area contributed by atoms with Crippen LogP contribution >= 0.6 is 0 Å². The zero-order valence-corrected chi connectivity index (χ0v) is 13.2. The normalized spacial score (nSPS) is 12.4. The molecule has 0 fully saturated rings. The van der Waals surface area contributed by atoms with Crippen molar-refractivity contribution in [3.63, 3.8) is 0 Å². The molecule has 0 unspecified atom stereocenters. The number of benzene rings is 2. The van der Waals surface area contributed by atoms with Gasteiger partial charge in [-0.25, -0.2) is 0 Å². The molecule has 0 aliphatic rings. The summed E-state index contributed by atoms with van der Waals surface area (Å²) in [5.41, 5.74) is 5.78. The first-order chi connectivity index (χ1) is 11.8. The standard InChI is InChI=1S/C18H17F3N2O2/c19-18(20,21)14-8-6-13(7-9-14)11-16(24)23-15(17(22)25)10-12-4-2-1-3-5-12/h1-9,15H,10-11H2,(H2,22,25)(H,23,24)/t15-/m1/s1. The van der Waals surface area contributed by atoms with Crippen molar-refractivity contribution in [1.82, 2.24) is 5.32 Å². The third-order valence-corrected chi connectivity index (χ3v) is 3.61. The number of alkyl halides is 3. The predicted molar refractivity (Wildman–Crippen MR) is 86.4 cm³/mol. The number of nitrogens with one attached hydrogen (secondary N) is 1. The van der Waals surface area contributed by atoms with Gasteiger partial charge in [0.25, 0.3) is 0 Å². The second-order valence-electron chi connectivity index (χ2n) is 5.58. The van der Waals surface area contributed by atoms with Crippen LogP contribution in [0, 0.1) is 0 Å². The molecule has 25 heavy (non-hydrogen) atoms. The van der Waals surface area contributed by atoms with E-state index in [9.17, 15) is 22.8 Å². The van der Waals surface area contributed by atoms with Crippen molar-refractivity contribution in [3.8, 4) is 0 Å². The lowest BCUT2D eigenvalue weighted by atomic mass is 10.0. The minimum atomic E-state index is -4.42. The highest BCUT2D eigenvalue weighted by Gasteiger charge is 2.30. The fraction of sp³-hybridized carbons (Fsp3) is 0.222. The molecule has 1 atom stereocenters. The lowest BCUT2D eigenvalue weighted by Gasteiger charge is -2.16. The Bertz CT molecular complexity index is 728. The van der Waals surface area contributed by atoms with Gasteiger partial charge in [-0.2, -0.15) is 13.2 Å². The molecule has 2 aromatic carbocycles. The summed E-state index contributed by atoms with van der Waals surface area (Å²) in [4.78, 5) is 23.6. The first-order valence-corrected chi connectivity index (χ1v) is 7.54. The Hall–Kier alpha value is -2.83. The van der Waals surface area contributed by atoms with E-state index in [4.69, 9.17) is 5.73 Å². The Kier molecular flexibility index (Phi) is 5.80. The summed E-state index contributed by atoms with van der Waals surface area (Å²) in [5.74, 6) is -1.16. The van der Waals surface area contributed by atoms with Crippen LogP contribution in [0.1, 0.15) is 16.7 Å². The lowest BCUT2D eigenvalue weighted by molar-refractivity contribution is -0.137. The molecule has 0 saturated heterocycles. The minimum absolute atomic E-state index is 0.142. The molecule has 0 saturated carbocycles. The van der Waals surface area contributed by atoms with Gasteiger partial charge in [0, 0.05) is 6.42 Å². The summed E-state index contributed by atoms with van der Waals surface area (Å²) in [6.07, 6.45) is -4.32. The molecule has 0 spiro atoms. The number of hydrogen-bond acceptors (Lipinski definition) is 2. The van der Waals surface area contributed by atoms with Crippen molar-refractivity contribution in [2.24, 2.45) is 5.73 Å². The van der Waals surface area contributed by atoms with Gasteiger partial charge in [-0.3, -0.25) is 9.59 Å². The van der Waals surface area contributed by atoms with Gasteiger partial charge in [-0.15, -0.1) is 0 Å². The average molecular weight is 350 g/mol. The van der Waals surface area contributed by atoms with Crippen LogP contribution < -0.4 is 11.1 Å². The van der Waals surface area contributed by atoms with E-state index in [0.717, 1.165) is 17.7 Å². The molecule has 0 aromatic heterocycles. The molecule has 3 N–H and O–H groups in total. The zero-order valence-electron chi connectivity index (χ0n) is 13.2. The summed E-state index contributed by atoms with van der Waals surface area (Å²) >= 11 is 0. The van der Waals surface area contributed by atoms with E-state index in [2.05, 4.69) is 5.32 Å². The summed E-state index contributed by atoms with van der Waals surface area (Å²) in [6.45, 7) is 0. The van der Waals surface area contributed by atoms with Crippen LogP contribution in [-0.2, 0) is 28.6 Å². The van der Waals surface area contributed by atoms with Crippen molar-refractivity contribution in [2.45, 2.75) is 25.1 Å². The van der Waals surface area contributed by atoms with E-state index >= 15 is 0 Å². The van der Waals surface area contributed by atoms with Crippen LogP contribution in [0.15, 0.2) is 54.6 Å². The Morgan fingerprint density at radius 1 is 0.960 bits per heavy atom. The van der Waals surface area contributed by atoms with Gasteiger partial charge in [-0.1, -0.05) is 42.5 Å². The molecule has 4 nitrogen and oxygen atoms in total. The molecule has 0 aliphatic carbocycles. The summed E-state index contributed by atoms with van der Waals surface area (Å²) in [5, 5.41) is 2.52. The molecule has 2 aromatic rings. The van der Waals surface area contributed by atoms with Gasteiger partial charge in [0.1, 0.15) is 6.04 Å². The Labute approximate surface area is 142 Å². The average Bonchev–Trinajstić information content (AvgIpc) is 2.54.